The highest BCUT2D eigenvalue weighted by Crippen LogP contribution is 2.48. The fraction of sp³-hybridized carbons (Fsp3) is 0.278. The van der Waals surface area contributed by atoms with Crippen molar-refractivity contribution in [2.45, 2.75) is 0 Å². The first kappa shape index (κ1) is 15.0. The lowest BCUT2D eigenvalue weighted by atomic mass is 10.1. The summed E-state index contributed by atoms with van der Waals surface area (Å²) in [5, 5.41) is 4.03. The Hall–Kier alpha value is -2.25. The number of fused-ring (bicyclic) bond motifs is 2. The average Bonchev–Trinajstić information content (AvgIpc) is 3.25. The highest BCUT2D eigenvalue weighted by atomic mass is 32.1. The first-order valence-corrected chi connectivity index (χ1v) is 9.81. The average molecular weight is 374 g/mol. The van der Waals surface area contributed by atoms with Crippen LogP contribution in [0.1, 0.15) is 0 Å². The summed E-state index contributed by atoms with van der Waals surface area (Å²) >= 11 is 3.29. The SMILES string of the molecule is C[n+]1cc(-c2scc3c2OCCO3)cc(-c2scc3c2OCCO3)c1. The molecule has 0 N–H and O–H groups in total. The second kappa shape index (κ2) is 5.93. The summed E-state index contributed by atoms with van der Waals surface area (Å²) in [6.45, 7) is 2.39. The molecule has 0 spiro atoms. The molecule has 5 nitrogen and oxygen atoms in total. The van der Waals surface area contributed by atoms with Gasteiger partial charge in [0, 0.05) is 10.8 Å². The van der Waals surface area contributed by atoms with E-state index in [0.29, 0.717) is 26.4 Å². The Bertz CT molecular complexity index is 874. The summed E-state index contributed by atoms with van der Waals surface area (Å²) in [4.78, 5) is 2.18. The number of ether oxygens (including phenoxy) is 4. The molecule has 0 bridgehead atoms. The predicted octanol–water partition coefficient (Wildman–Crippen LogP) is 3.51. The number of aryl methyl sites for hydroxylation is 1. The van der Waals surface area contributed by atoms with Gasteiger partial charge >= 0.3 is 0 Å². The lowest BCUT2D eigenvalue weighted by molar-refractivity contribution is -0.670. The van der Waals surface area contributed by atoms with E-state index in [9.17, 15) is 0 Å². The molecule has 0 amide bonds. The van der Waals surface area contributed by atoms with Crippen LogP contribution >= 0.6 is 22.7 Å². The molecule has 0 saturated carbocycles. The first-order chi connectivity index (χ1) is 12.3. The molecule has 3 aromatic heterocycles. The maximum atomic E-state index is 5.84. The second-order valence-electron chi connectivity index (χ2n) is 5.89. The maximum absolute atomic E-state index is 5.84. The lowest BCUT2D eigenvalue weighted by Crippen LogP contribution is -2.27. The first-order valence-electron chi connectivity index (χ1n) is 8.05. The summed E-state index contributed by atoms with van der Waals surface area (Å²) in [6.07, 6.45) is 4.20. The van der Waals surface area contributed by atoms with Gasteiger partial charge in [-0.3, -0.25) is 0 Å². The van der Waals surface area contributed by atoms with E-state index in [4.69, 9.17) is 18.9 Å². The molecule has 7 heteroatoms. The number of nitrogens with zero attached hydrogens (tertiary/aromatic N) is 1. The van der Waals surface area contributed by atoms with Crippen LogP contribution in [0.15, 0.2) is 29.2 Å². The molecule has 0 radical (unpaired) electrons. The van der Waals surface area contributed by atoms with Crippen LogP contribution in [-0.4, -0.2) is 26.4 Å². The van der Waals surface area contributed by atoms with Crippen molar-refractivity contribution < 1.29 is 23.5 Å². The highest BCUT2D eigenvalue weighted by Gasteiger charge is 2.25. The van der Waals surface area contributed by atoms with Gasteiger partial charge in [0.05, 0.1) is 20.9 Å². The quantitative estimate of drug-likeness (QED) is 0.644. The Morgan fingerprint density at radius 1 is 0.760 bits per heavy atom. The van der Waals surface area contributed by atoms with Crippen LogP contribution in [0.25, 0.3) is 20.9 Å². The molecule has 5 heterocycles. The van der Waals surface area contributed by atoms with Gasteiger partial charge in [-0.05, 0) is 6.07 Å². The van der Waals surface area contributed by atoms with Gasteiger partial charge in [0.15, 0.2) is 35.4 Å². The minimum absolute atomic E-state index is 0.589. The number of pyridine rings is 1. The van der Waals surface area contributed by atoms with Crippen molar-refractivity contribution in [3.05, 3.63) is 29.2 Å². The van der Waals surface area contributed by atoms with E-state index in [0.717, 1.165) is 43.9 Å². The van der Waals surface area contributed by atoms with Crippen LogP contribution < -0.4 is 23.5 Å². The van der Waals surface area contributed by atoms with Crippen molar-refractivity contribution >= 4 is 22.7 Å². The van der Waals surface area contributed by atoms with Gasteiger partial charge in [-0.25, -0.2) is 4.57 Å². The normalized spacial score (nSPS) is 15.2. The van der Waals surface area contributed by atoms with E-state index in [2.05, 4.69) is 23.0 Å². The summed E-state index contributed by atoms with van der Waals surface area (Å²) in [7, 11) is 2.03. The van der Waals surface area contributed by atoms with Crippen LogP contribution in [0.5, 0.6) is 23.0 Å². The van der Waals surface area contributed by atoms with E-state index < -0.39 is 0 Å². The van der Waals surface area contributed by atoms with E-state index >= 15 is 0 Å². The van der Waals surface area contributed by atoms with Crippen LogP contribution in [0.3, 0.4) is 0 Å². The Morgan fingerprint density at radius 3 is 1.76 bits per heavy atom. The zero-order valence-corrected chi connectivity index (χ0v) is 15.2. The Kier molecular flexibility index (Phi) is 3.57. The molecule has 25 heavy (non-hydrogen) atoms. The van der Waals surface area contributed by atoms with Crippen molar-refractivity contribution in [3.8, 4) is 43.9 Å². The van der Waals surface area contributed by atoms with Crippen LogP contribution in [0.4, 0.5) is 0 Å². The summed E-state index contributed by atoms with van der Waals surface area (Å²) < 4.78 is 25.1. The van der Waals surface area contributed by atoms with Crippen molar-refractivity contribution in [3.63, 3.8) is 0 Å². The second-order valence-corrected chi connectivity index (χ2v) is 7.65. The van der Waals surface area contributed by atoms with Gasteiger partial charge < -0.3 is 18.9 Å². The minimum Gasteiger partial charge on any atom is -0.485 e. The molecule has 128 valence electrons. The lowest BCUT2D eigenvalue weighted by Gasteiger charge is -2.16. The number of rotatable bonds is 2. The molecule has 0 unspecified atom stereocenters. The van der Waals surface area contributed by atoms with Crippen molar-refractivity contribution in [1.82, 2.24) is 0 Å². The zero-order valence-electron chi connectivity index (χ0n) is 13.6. The summed E-state index contributed by atoms with van der Waals surface area (Å²) in [6, 6.07) is 2.17. The monoisotopic (exact) mass is 374 g/mol. The third kappa shape index (κ3) is 2.54. The van der Waals surface area contributed by atoms with Gasteiger partial charge in [0.25, 0.3) is 0 Å². The highest BCUT2D eigenvalue weighted by molar-refractivity contribution is 7.14. The third-order valence-corrected chi connectivity index (χ3v) is 6.10. The number of hydrogen-bond donors (Lipinski definition) is 0. The van der Waals surface area contributed by atoms with Crippen molar-refractivity contribution in [2.75, 3.05) is 26.4 Å². The number of hydrogen-bond acceptors (Lipinski definition) is 6. The molecule has 0 aromatic carbocycles. The smallest absolute Gasteiger partial charge is 0.180 e. The summed E-state index contributed by atoms with van der Waals surface area (Å²) in [5.74, 6) is 3.37. The molecular formula is C18H16NO4S2+. The van der Waals surface area contributed by atoms with Gasteiger partial charge in [-0.1, -0.05) is 0 Å². The van der Waals surface area contributed by atoms with E-state index in [-0.39, 0.29) is 0 Å². The van der Waals surface area contributed by atoms with Crippen molar-refractivity contribution in [2.24, 2.45) is 7.05 Å². The van der Waals surface area contributed by atoms with Crippen LogP contribution in [-0.2, 0) is 7.05 Å². The number of aromatic nitrogens is 1. The molecule has 5 rings (SSSR count). The number of thiophene rings is 2. The van der Waals surface area contributed by atoms with Gasteiger partial charge in [0.2, 0.25) is 0 Å². The Labute approximate surface area is 153 Å². The predicted molar refractivity (Wildman–Crippen MR) is 96.2 cm³/mol. The van der Waals surface area contributed by atoms with Crippen LogP contribution in [0.2, 0.25) is 0 Å². The molecule has 0 atom stereocenters. The molecule has 0 saturated heterocycles. The fourth-order valence-corrected chi connectivity index (χ4v) is 4.92. The maximum Gasteiger partial charge on any atom is 0.180 e. The van der Waals surface area contributed by atoms with Crippen molar-refractivity contribution in [1.29, 1.82) is 0 Å². The van der Waals surface area contributed by atoms with Gasteiger partial charge in [-0.2, -0.15) is 0 Å². The van der Waals surface area contributed by atoms with Crippen LogP contribution in [0, 0.1) is 0 Å². The molecule has 2 aliphatic rings. The minimum atomic E-state index is 0.589. The van der Waals surface area contributed by atoms with E-state index in [1.54, 1.807) is 22.7 Å². The van der Waals surface area contributed by atoms with E-state index in [1.165, 1.54) is 0 Å². The molecule has 0 fully saturated rings. The van der Waals surface area contributed by atoms with Gasteiger partial charge in [-0.15, -0.1) is 22.7 Å². The largest absolute Gasteiger partial charge is 0.485 e. The van der Waals surface area contributed by atoms with E-state index in [1.807, 2.05) is 17.8 Å². The third-order valence-electron chi connectivity index (χ3n) is 4.12. The topological polar surface area (TPSA) is 40.8 Å². The molecule has 3 aromatic rings. The molecular weight excluding hydrogens is 358 g/mol. The molecule has 2 aliphatic heterocycles. The Balaban J connectivity index is 1.62. The summed E-state index contributed by atoms with van der Waals surface area (Å²) in [5.41, 5.74) is 2.21. The molecule has 0 aliphatic carbocycles. The van der Waals surface area contributed by atoms with Gasteiger partial charge in [0.1, 0.15) is 33.5 Å². The Morgan fingerprint density at radius 2 is 1.24 bits per heavy atom. The standard InChI is InChI=1S/C18H16NO4S2/c1-19-7-11(17-15-13(9-24-17)20-2-4-22-15)6-12(8-19)18-16-14(10-25-18)21-3-5-23-16/h6-10H,2-5H2,1H3/q+1. The zero-order chi connectivity index (χ0) is 16.8. The fourth-order valence-electron chi connectivity index (χ4n) is 3.09.